The Morgan fingerprint density at radius 1 is 1.10 bits per heavy atom. The number of sulfonamides is 1. The lowest BCUT2D eigenvalue weighted by atomic mass is 10.1. The van der Waals surface area contributed by atoms with E-state index in [2.05, 4.69) is 15.5 Å². The molecule has 164 valence electrons. The summed E-state index contributed by atoms with van der Waals surface area (Å²) in [6.07, 6.45) is 1.08. The minimum Gasteiger partial charge on any atom is -0.345 e. The first kappa shape index (κ1) is 22.5. The molecule has 2 aromatic carbocycles. The molecule has 1 amide bonds. The molecule has 1 heterocycles. The average molecular weight is 443 g/mol. The van der Waals surface area contributed by atoms with Crippen LogP contribution in [0.3, 0.4) is 0 Å². The Kier molecular flexibility index (Phi) is 6.45. The van der Waals surface area contributed by atoms with Gasteiger partial charge in [-0.1, -0.05) is 35.0 Å². The van der Waals surface area contributed by atoms with Crippen LogP contribution in [0.1, 0.15) is 29.5 Å². The van der Waals surface area contributed by atoms with Gasteiger partial charge in [0.1, 0.15) is 6.04 Å². The summed E-state index contributed by atoms with van der Waals surface area (Å²) in [5.41, 5.74) is 4.14. The molecule has 3 rings (SSSR count). The van der Waals surface area contributed by atoms with Crippen LogP contribution in [0.5, 0.6) is 0 Å². The van der Waals surface area contributed by atoms with E-state index in [0.29, 0.717) is 11.5 Å². The maximum atomic E-state index is 12.8. The molecule has 8 nitrogen and oxygen atoms in total. The second kappa shape index (κ2) is 8.89. The van der Waals surface area contributed by atoms with Crippen LogP contribution in [0.15, 0.2) is 47.0 Å². The fraction of sp³-hybridized carbons (Fsp3) is 0.318. The number of aromatic nitrogens is 2. The molecule has 0 aliphatic heterocycles. The Labute approximate surface area is 182 Å². The van der Waals surface area contributed by atoms with Crippen LogP contribution < -0.4 is 9.62 Å². The smallest absolute Gasteiger partial charge is 0.246 e. The fourth-order valence-corrected chi connectivity index (χ4v) is 4.58. The number of nitrogens with zero attached hydrogens (tertiary/aromatic N) is 3. The van der Waals surface area contributed by atoms with Crippen molar-refractivity contribution in [3.05, 3.63) is 65.0 Å². The van der Waals surface area contributed by atoms with Gasteiger partial charge in [0.15, 0.2) is 0 Å². The summed E-state index contributed by atoms with van der Waals surface area (Å²) in [5, 5.41) is 6.63. The Morgan fingerprint density at radius 2 is 1.77 bits per heavy atom. The van der Waals surface area contributed by atoms with Gasteiger partial charge in [-0.3, -0.25) is 9.10 Å². The van der Waals surface area contributed by atoms with Gasteiger partial charge in [-0.05, 0) is 57.0 Å². The Morgan fingerprint density at radius 3 is 2.39 bits per heavy atom. The second-order valence-corrected chi connectivity index (χ2v) is 9.54. The summed E-state index contributed by atoms with van der Waals surface area (Å²) in [6.45, 7) is 7.26. The Bertz CT molecular complexity index is 1180. The number of hydrogen-bond donors (Lipinski definition) is 1. The molecule has 31 heavy (non-hydrogen) atoms. The van der Waals surface area contributed by atoms with Crippen molar-refractivity contribution in [2.45, 2.75) is 40.3 Å². The number of carbonyl (C=O) groups is 1. The van der Waals surface area contributed by atoms with Gasteiger partial charge in [0.05, 0.1) is 18.5 Å². The lowest BCUT2D eigenvalue weighted by Crippen LogP contribution is -2.47. The predicted octanol–water partition coefficient (Wildman–Crippen LogP) is 3.13. The zero-order valence-corrected chi connectivity index (χ0v) is 19.0. The molecule has 0 fully saturated rings. The zero-order valence-electron chi connectivity index (χ0n) is 18.2. The second-order valence-electron chi connectivity index (χ2n) is 7.68. The topological polar surface area (TPSA) is 105 Å². The van der Waals surface area contributed by atoms with Crippen molar-refractivity contribution in [2.24, 2.45) is 0 Å². The number of anilines is 1. The van der Waals surface area contributed by atoms with Crippen molar-refractivity contribution in [1.82, 2.24) is 15.5 Å². The summed E-state index contributed by atoms with van der Waals surface area (Å²) >= 11 is 0. The molecule has 0 aliphatic rings. The molecule has 0 aliphatic carbocycles. The van der Waals surface area contributed by atoms with E-state index < -0.39 is 22.0 Å². The van der Waals surface area contributed by atoms with Crippen LogP contribution in [-0.2, 0) is 21.4 Å². The lowest BCUT2D eigenvalue weighted by Gasteiger charge is -2.28. The third-order valence-electron chi connectivity index (χ3n) is 4.71. The molecule has 3 aromatic rings. The lowest BCUT2D eigenvalue weighted by molar-refractivity contribution is -0.122. The molecule has 9 heteroatoms. The molecule has 1 aromatic heterocycles. The van der Waals surface area contributed by atoms with Gasteiger partial charge in [0.25, 0.3) is 0 Å². The summed E-state index contributed by atoms with van der Waals surface area (Å²) in [4.78, 5) is 17.1. The summed E-state index contributed by atoms with van der Waals surface area (Å²) in [7, 11) is -3.69. The van der Waals surface area contributed by atoms with Gasteiger partial charge in [0.2, 0.25) is 27.6 Å². The Hall–Kier alpha value is -3.20. The van der Waals surface area contributed by atoms with Crippen molar-refractivity contribution < 1.29 is 17.7 Å². The molecule has 0 saturated carbocycles. The van der Waals surface area contributed by atoms with Crippen molar-refractivity contribution >= 4 is 21.6 Å². The van der Waals surface area contributed by atoms with Crippen LogP contribution in [0.25, 0.3) is 11.4 Å². The van der Waals surface area contributed by atoms with Gasteiger partial charge in [-0.25, -0.2) is 8.42 Å². The largest absolute Gasteiger partial charge is 0.345 e. The SMILES string of the molecule is Cc1cccc(-c2noc(CNC(=O)[C@H](C)N(c3cc(C)cc(C)c3)S(C)(=O)=O)n2)c1. The van der Waals surface area contributed by atoms with Crippen LogP contribution in [-0.4, -0.2) is 36.8 Å². The molecular formula is C22H26N4O4S. The van der Waals surface area contributed by atoms with Gasteiger partial charge in [-0.15, -0.1) is 0 Å². The maximum Gasteiger partial charge on any atom is 0.246 e. The molecule has 0 saturated heterocycles. The van der Waals surface area contributed by atoms with Gasteiger partial charge in [-0.2, -0.15) is 4.98 Å². The molecule has 1 atom stereocenters. The van der Waals surface area contributed by atoms with E-state index in [-0.39, 0.29) is 12.4 Å². The third-order valence-corrected chi connectivity index (χ3v) is 5.95. The van der Waals surface area contributed by atoms with Crippen LogP contribution in [0, 0.1) is 20.8 Å². The molecule has 0 radical (unpaired) electrons. The molecular weight excluding hydrogens is 416 g/mol. The Balaban J connectivity index is 1.74. The maximum absolute atomic E-state index is 12.8. The standard InChI is InChI=1S/C22H26N4O4S/c1-14-7-6-8-18(10-14)21-24-20(30-25-21)13-23-22(27)17(4)26(31(5,28)29)19-11-15(2)9-16(3)12-19/h6-12,17H,13H2,1-5H3,(H,23,27)/t17-/m0/s1. The molecule has 0 bridgehead atoms. The summed E-state index contributed by atoms with van der Waals surface area (Å²) < 4.78 is 31.3. The minimum absolute atomic E-state index is 0.00750. The van der Waals surface area contributed by atoms with E-state index >= 15 is 0 Å². The van der Waals surface area contributed by atoms with Crippen LogP contribution >= 0.6 is 0 Å². The first-order chi connectivity index (χ1) is 14.5. The predicted molar refractivity (Wildman–Crippen MR) is 119 cm³/mol. The zero-order chi connectivity index (χ0) is 22.8. The summed E-state index contributed by atoms with van der Waals surface area (Å²) in [6, 6.07) is 12.1. The van der Waals surface area contributed by atoms with Crippen molar-refractivity contribution in [2.75, 3.05) is 10.6 Å². The highest BCUT2D eigenvalue weighted by atomic mass is 32.2. The minimum atomic E-state index is -3.69. The van der Waals surface area contributed by atoms with Crippen molar-refractivity contribution in [1.29, 1.82) is 0 Å². The normalized spacial score (nSPS) is 12.4. The highest BCUT2D eigenvalue weighted by Gasteiger charge is 2.29. The fourth-order valence-electron chi connectivity index (χ4n) is 3.43. The van der Waals surface area contributed by atoms with Gasteiger partial charge < -0.3 is 9.84 Å². The van der Waals surface area contributed by atoms with Crippen LogP contribution in [0.4, 0.5) is 5.69 Å². The number of rotatable bonds is 7. The quantitative estimate of drug-likeness (QED) is 0.603. The molecule has 0 spiro atoms. The first-order valence-corrected chi connectivity index (χ1v) is 11.6. The monoisotopic (exact) mass is 442 g/mol. The van der Waals surface area contributed by atoms with E-state index in [1.165, 1.54) is 0 Å². The van der Waals surface area contributed by atoms with Gasteiger partial charge in [0, 0.05) is 5.56 Å². The number of carbonyl (C=O) groups excluding carboxylic acids is 1. The van der Waals surface area contributed by atoms with E-state index in [1.807, 2.05) is 51.1 Å². The number of nitrogens with one attached hydrogen (secondary N) is 1. The number of amides is 1. The number of benzene rings is 2. The van der Waals surface area contributed by atoms with E-state index in [4.69, 9.17) is 4.52 Å². The van der Waals surface area contributed by atoms with Crippen molar-refractivity contribution in [3.63, 3.8) is 0 Å². The van der Waals surface area contributed by atoms with Gasteiger partial charge >= 0.3 is 0 Å². The van der Waals surface area contributed by atoms with E-state index in [0.717, 1.165) is 32.8 Å². The highest BCUT2D eigenvalue weighted by Crippen LogP contribution is 2.24. The number of aryl methyl sites for hydroxylation is 3. The summed E-state index contributed by atoms with van der Waals surface area (Å²) in [5.74, 6) is 0.184. The number of hydrogen-bond acceptors (Lipinski definition) is 6. The molecule has 0 unspecified atom stereocenters. The van der Waals surface area contributed by atoms with E-state index in [9.17, 15) is 13.2 Å². The third kappa shape index (κ3) is 5.49. The van der Waals surface area contributed by atoms with Crippen LogP contribution in [0.2, 0.25) is 0 Å². The highest BCUT2D eigenvalue weighted by molar-refractivity contribution is 7.92. The van der Waals surface area contributed by atoms with Crippen molar-refractivity contribution in [3.8, 4) is 11.4 Å². The molecule has 1 N–H and O–H groups in total. The average Bonchev–Trinajstić information content (AvgIpc) is 3.13. The van der Waals surface area contributed by atoms with E-state index in [1.54, 1.807) is 19.1 Å². The first-order valence-electron chi connectivity index (χ1n) is 9.79.